The average molecular weight is 314 g/mol. The molecular weight excluding hydrogens is 288 g/mol. The quantitative estimate of drug-likeness (QED) is 0.790. The molecule has 0 aliphatic heterocycles. The second kappa shape index (κ2) is 5.70. The third-order valence-corrected chi connectivity index (χ3v) is 6.07. The molecule has 120 valence electrons. The fourth-order valence-electron chi connectivity index (χ4n) is 2.74. The van der Waals surface area contributed by atoms with Crippen molar-refractivity contribution in [3.63, 3.8) is 0 Å². The minimum absolute atomic E-state index is 0.262. The van der Waals surface area contributed by atoms with E-state index in [0.29, 0.717) is 41.8 Å². The van der Waals surface area contributed by atoms with Gasteiger partial charge in [-0.05, 0) is 44.6 Å². The average Bonchev–Trinajstić information content (AvgIpc) is 2.88. The van der Waals surface area contributed by atoms with E-state index in [9.17, 15) is 8.42 Å². The second-order valence-electron chi connectivity index (χ2n) is 6.61. The predicted octanol–water partition coefficient (Wildman–Crippen LogP) is 1.17. The van der Waals surface area contributed by atoms with Gasteiger partial charge in [-0.25, -0.2) is 13.1 Å². The van der Waals surface area contributed by atoms with E-state index in [1.807, 2.05) is 0 Å². The molecule has 1 aliphatic rings. The number of nitrogens with zero attached hydrogens (tertiary/aromatic N) is 2. The molecule has 1 aromatic heterocycles. The Balaban J connectivity index is 2.14. The van der Waals surface area contributed by atoms with Crippen molar-refractivity contribution in [2.45, 2.75) is 52.0 Å². The summed E-state index contributed by atoms with van der Waals surface area (Å²) in [7, 11) is -3.50. The fraction of sp³-hybridized carbons (Fsp3) is 0.786. The summed E-state index contributed by atoms with van der Waals surface area (Å²) in [6.45, 7) is 9.57. The van der Waals surface area contributed by atoms with E-state index < -0.39 is 10.0 Å². The molecule has 2 rings (SSSR count). The molecule has 1 unspecified atom stereocenters. The van der Waals surface area contributed by atoms with Gasteiger partial charge in [0.1, 0.15) is 4.90 Å². The highest BCUT2D eigenvalue weighted by Crippen LogP contribution is 2.51. The van der Waals surface area contributed by atoms with Crippen LogP contribution in [-0.2, 0) is 16.6 Å². The smallest absolute Gasteiger partial charge is 0.244 e. The van der Waals surface area contributed by atoms with Gasteiger partial charge in [0.05, 0.1) is 11.4 Å². The second-order valence-corrected chi connectivity index (χ2v) is 8.31. The number of nitrogens with one attached hydrogen (secondary N) is 1. The number of nitrogens with two attached hydrogens (primary N) is 1. The molecule has 0 bridgehead atoms. The number of aryl methyl sites for hydroxylation is 2. The first kappa shape index (κ1) is 16.5. The molecule has 0 spiro atoms. The van der Waals surface area contributed by atoms with Crippen LogP contribution in [0.5, 0.6) is 0 Å². The Hall–Kier alpha value is -0.920. The summed E-state index contributed by atoms with van der Waals surface area (Å²) in [5, 5.41) is 4.33. The van der Waals surface area contributed by atoms with Gasteiger partial charge in [0.2, 0.25) is 10.0 Å². The summed E-state index contributed by atoms with van der Waals surface area (Å²) in [5.41, 5.74) is 6.99. The molecule has 1 saturated carbocycles. The zero-order valence-electron chi connectivity index (χ0n) is 13.3. The van der Waals surface area contributed by atoms with Gasteiger partial charge in [-0.1, -0.05) is 13.8 Å². The minimum Gasteiger partial charge on any atom is -0.330 e. The van der Waals surface area contributed by atoms with Crippen molar-refractivity contribution in [1.82, 2.24) is 14.5 Å². The molecule has 1 aliphatic carbocycles. The third-order valence-electron chi connectivity index (χ3n) is 4.40. The van der Waals surface area contributed by atoms with E-state index >= 15 is 0 Å². The summed E-state index contributed by atoms with van der Waals surface area (Å²) in [6.07, 6.45) is 1.86. The Kier molecular flexibility index (Phi) is 4.46. The van der Waals surface area contributed by atoms with Crippen LogP contribution in [0.2, 0.25) is 0 Å². The van der Waals surface area contributed by atoms with Crippen LogP contribution >= 0.6 is 0 Å². The largest absolute Gasteiger partial charge is 0.330 e. The molecule has 1 atom stereocenters. The molecule has 7 heteroatoms. The van der Waals surface area contributed by atoms with Gasteiger partial charge in [-0.15, -0.1) is 0 Å². The van der Waals surface area contributed by atoms with Gasteiger partial charge < -0.3 is 5.73 Å². The van der Waals surface area contributed by atoms with Crippen molar-refractivity contribution < 1.29 is 8.42 Å². The molecule has 0 aromatic carbocycles. The Morgan fingerprint density at radius 1 is 1.43 bits per heavy atom. The molecule has 0 amide bonds. The van der Waals surface area contributed by atoms with Gasteiger partial charge in [0.15, 0.2) is 0 Å². The fourth-order valence-corrected chi connectivity index (χ4v) is 4.22. The van der Waals surface area contributed by atoms with E-state index in [2.05, 4.69) is 23.7 Å². The Labute approximate surface area is 127 Å². The molecule has 1 fully saturated rings. The lowest BCUT2D eigenvalue weighted by atomic mass is 10.1. The molecule has 3 N–H and O–H groups in total. The molecule has 0 saturated heterocycles. The molecule has 6 nitrogen and oxygen atoms in total. The maximum atomic E-state index is 12.5. The number of hydrogen-bond acceptors (Lipinski definition) is 4. The molecule has 0 radical (unpaired) electrons. The van der Waals surface area contributed by atoms with Crippen LogP contribution in [0, 0.1) is 25.2 Å². The van der Waals surface area contributed by atoms with Gasteiger partial charge in [-0.3, -0.25) is 4.68 Å². The maximum absolute atomic E-state index is 12.5. The lowest BCUT2D eigenvalue weighted by Gasteiger charge is -2.09. The van der Waals surface area contributed by atoms with Crippen LogP contribution in [0.1, 0.15) is 38.1 Å². The summed E-state index contributed by atoms with van der Waals surface area (Å²) < 4.78 is 29.5. The zero-order chi connectivity index (χ0) is 15.8. The Morgan fingerprint density at radius 3 is 2.57 bits per heavy atom. The van der Waals surface area contributed by atoms with Crippen LogP contribution in [-0.4, -0.2) is 31.3 Å². The van der Waals surface area contributed by atoms with Crippen LogP contribution in [0.25, 0.3) is 0 Å². The van der Waals surface area contributed by atoms with E-state index in [4.69, 9.17) is 5.73 Å². The number of sulfonamides is 1. The topological polar surface area (TPSA) is 90.0 Å². The standard InChI is InChI=1S/C14H26N4O2S/c1-10-13(11(2)18(17-10)7-5-6-15)21(19,20)16-9-12-8-14(12,3)4/h12,16H,5-9,15H2,1-4H3. The van der Waals surface area contributed by atoms with Crippen molar-refractivity contribution in [1.29, 1.82) is 0 Å². The third kappa shape index (κ3) is 3.46. The number of hydrogen-bond donors (Lipinski definition) is 2. The maximum Gasteiger partial charge on any atom is 0.244 e. The van der Waals surface area contributed by atoms with Gasteiger partial charge in [0.25, 0.3) is 0 Å². The van der Waals surface area contributed by atoms with Gasteiger partial charge >= 0.3 is 0 Å². The van der Waals surface area contributed by atoms with E-state index in [1.54, 1.807) is 18.5 Å². The van der Waals surface area contributed by atoms with Crippen LogP contribution in [0.4, 0.5) is 0 Å². The number of rotatable bonds is 7. The SMILES string of the molecule is Cc1nn(CCCN)c(C)c1S(=O)(=O)NCC1CC1(C)C. The summed E-state index contributed by atoms with van der Waals surface area (Å²) in [5.74, 6) is 0.431. The highest BCUT2D eigenvalue weighted by atomic mass is 32.2. The lowest BCUT2D eigenvalue weighted by molar-refractivity contribution is 0.536. The van der Waals surface area contributed by atoms with Crippen molar-refractivity contribution in [2.75, 3.05) is 13.1 Å². The number of aromatic nitrogens is 2. The van der Waals surface area contributed by atoms with Gasteiger partial charge in [0, 0.05) is 13.1 Å². The van der Waals surface area contributed by atoms with Crippen molar-refractivity contribution in [3.8, 4) is 0 Å². The van der Waals surface area contributed by atoms with Crippen molar-refractivity contribution in [2.24, 2.45) is 17.1 Å². The Bertz CT molecular complexity index is 619. The summed E-state index contributed by atoms with van der Waals surface area (Å²) in [6, 6.07) is 0. The molecule has 21 heavy (non-hydrogen) atoms. The van der Waals surface area contributed by atoms with Crippen molar-refractivity contribution in [3.05, 3.63) is 11.4 Å². The summed E-state index contributed by atoms with van der Waals surface area (Å²) in [4.78, 5) is 0.318. The molecule has 1 heterocycles. The van der Waals surface area contributed by atoms with E-state index in [1.165, 1.54) is 0 Å². The highest BCUT2D eigenvalue weighted by molar-refractivity contribution is 7.89. The van der Waals surface area contributed by atoms with Crippen LogP contribution < -0.4 is 10.5 Å². The normalized spacial score (nSPS) is 20.7. The van der Waals surface area contributed by atoms with Crippen molar-refractivity contribution >= 4 is 10.0 Å². The minimum atomic E-state index is -3.50. The first-order valence-corrected chi connectivity index (χ1v) is 8.91. The first-order valence-electron chi connectivity index (χ1n) is 7.43. The Morgan fingerprint density at radius 2 is 2.05 bits per heavy atom. The lowest BCUT2D eigenvalue weighted by Crippen LogP contribution is -2.27. The summed E-state index contributed by atoms with van der Waals surface area (Å²) >= 11 is 0. The predicted molar refractivity (Wildman–Crippen MR) is 82.4 cm³/mol. The van der Waals surface area contributed by atoms with Crippen LogP contribution in [0.3, 0.4) is 0 Å². The molecular formula is C14H26N4O2S. The van der Waals surface area contributed by atoms with Crippen LogP contribution in [0.15, 0.2) is 4.90 Å². The van der Waals surface area contributed by atoms with E-state index in [-0.39, 0.29) is 5.41 Å². The monoisotopic (exact) mass is 314 g/mol. The first-order chi connectivity index (χ1) is 9.69. The highest BCUT2D eigenvalue weighted by Gasteiger charge is 2.45. The van der Waals surface area contributed by atoms with E-state index in [0.717, 1.165) is 12.8 Å². The van der Waals surface area contributed by atoms with Gasteiger partial charge in [-0.2, -0.15) is 5.10 Å². The zero-order valence-corrected chi connectivity index (χ0v) is 14.1. The molecule has 1 aromatic rings.